The van der Waals surface area contributed by atoms with Gasteiger partial charge < -0.3 is 19.5 Å². The molecule has 0 atom stereocenters. The van der Waals surface area contributed by atoms with E-state index in [0.717, 1.165) is 31.6 Å². The minimum Gasteiger partial charge on any atom is -0.396 e. The molecule has 1 N–H and O–H groups in total. The molecule has 0 aromatic heterocycles. The number of hydrogen-bond donors (Lipinski definition) is 1. The van der Waals surface area contributed by atoms with Crippen LogP contribution in [-0.2, 0) is 19.1 Å². The van der Waals surface area contributed by atoms with Gasteiger partial charge in [-0.15, -0.1) is 0 Å². The third-order valence-corrected chi connectivity index (χ3v) is 4.62. The summed E-state index contributed by atoms with van der Waals surface area (Å²) in [5.41, 5.74) is 1.10. The number of nitrogens with zero attached hydrogens (tertiary/aromatic N) is 2. The van der Waals surface area contributed by atoms with Gasteiger partial charge in [0.05, 0.1) is 5.57 Å². The van der Waals surface area contributed by atoms with Gasteiger partial charge >= 0.3 is 18.4 Å². The molecular weight excluding hydrogens is 312 g/mol. The quantitative estimate of drug-likeness (QED) is 0.439. The molecule has 2 aliphatic heterocycles. The fraction of sp³-hybridized carbons (Fsp3) is 0.588. The third kappa shape index (κ3) is 2.89. The Morgan fingerprint density at radius 3 is 2.29 bits per heavy atom. The van der Waals surface area contributed by atoms with Crippen LogP contribution in [0.5, 0.6) is 0 Å². The van der Waals surface area contributed by atoms with Crippen LogP contribution < -0.4 is 0 Å². The molecule has 0 unspecified atom stereocenters. The highest BCUT2D eigenvalue weighted by Gasteiger charge is 2.41. The molecule has 0 aromatic carbocycles. The van der Waals surface area contributed by atoms with E-state index in [9.17, 15) is 20.0 Å². The van der Waals surface area contributed by atoms with Crippen molar-refractivity contribution in [2.24, 2.45) is 5.41 Å². The SMILES string of the molecule is CC1(C)CC(=C2C(=O)OC(O)OC2=O)C(C#N)=C(N2CCCC2)C1. The summed E-state index contributed by atoms with van der Waals surface area (Å²) < 4.78 is 9.23. The Morgan fingerprint density at radius 1 is 1.17 bits per heavy atom. The zero-order valence-electron chi connectivity index (χ0n) is 13.8. The van der Waals surface area contributed by atoms with Crippen LogP contribution in [0.2, 0.25) is 0 Å². The second-order valence-corrected chi connectivity index (χ2v) is 7.12. The van der Waals surface area contributed by atoms with Gasteiger partial charge in [0.15, 0.2) is 0 Å². The molecule has 2 saturated heterocycles. The fourth-order valence-corrected chi connectivity index (χ4v) is 3.60. The number of aliphatic hydroxyl groups is 1. The molecule has 3 rings (SSSR count). The van der Waals surface area contributed by atoms with Crippen molar-refractivity contribution in [3.8, 4) is 6.07 Å². The Hall–Kier alpha value is -2.33. The van der Waals surface area contributed by atoms with E-state index in [-0.39, 0.29) is 11.0 Å². The Labute approximate surface area is 140 Å². The van der Waals surface area contributed by atoms with E-state index in [4.69, 9.17) is 0 Å². The van der Waals surface area contributed by atoms with Gasteiger partial charge in [0.1, 0.15) is 11.6 Å². The van der Waals surface area contributed by atoms with Crippen LogP contribution in [0.4, 0.5) is 0 Å². The normalized spacial score (nSPS) is 27.1. The van der Waals surface area contributed by atoms with Gasteiger partial charge in [-0.05, 0) is 36.7 Å². The zero-order valence-corrected chi connectivity index (χ0v) is 13.8. The summed E-state index contributed by atoms with van der Waals surface area (Å²) in [6, 6.07) is 2.17. The molecule has 7 heteroatoms. The standard InChI is InChI=1S/C17H20N2O5/c1-17(2)7-10(13-14(20)23-16(22)24-15(13)21)11(9-18)12(8-17)19-5-3-4-6-19/h16,22H,3-8H2,1-2H3. The average Bonchev–Trinajstić information content (AvgIpc) is 2.98. The van der Waals surface area contributed by atoms with E-state index in [1.807, 2.05) is 13.8 Å². The second kappa shape index (κ2) is 5.95. The second-order valence-electron chi connectivity index (χ2n) is 7.12. The number of cyclic esters (lactones) is 2. The number of hydrogen-bond acceptors (Lipinski definition) is 7. The first kappa shape index (κ1) is 16.5. The number of esters is 2. The highest BCUT2D eigenvalue weighted by atomic mass is 16.8. The Bertz CT molecular complexity index is 672. The van der Waals surface area contributed by atoms with E-state index >= 15 is 0 Å². The van der Waals surface area contributed by atoms with E-state index < -0.39 is 18.4 Å². The molecule has 7 nitrogen and oxygen atoms in total. The lowest BCUT2D eigenvalue weighted by Gasteiger charge is -2.38. The molecule has 0 spiro atoms. The van der Waals surface area contributed by atoms with Crippen LogP contribution in [0.25, 0.3) is 0 Å². The average molecular weight is 332 g/mol. The summed E-state index contributed by atoms with van der Waals surface area (Å²) in [5, 5.41) is 18.9. The topological polar surface area (TPSA) is 99.9 Å². The molecule has 0 amide bonds. The van der Waals surface area contributed by atoms with Crippen molar-refractivity contribution < 1.29 is 24.2 Å². The van der Waals surface area contributed by atoms with Crippen LogP contribution in [0, 0.1) is 16.7 Å². The maximum absolute atomic E-state index is 12.1. The van der Waals surface area contributed by atoms with Gasteiger partial charge in [0, 0.05) is 18.8 Å². The number of carbonyl (C=O) groups excluding carboxylic acids is 2. The number of rotatable bonds is 1. The molecule has 0 bridgehead atoms. The van der Waals surface area contributed by atoms with Crippen molar-refractivity contribution >= 4 is 11.9 Å². The van der Waals surface area contributed by atoms with E-state index in [0.29, 0.717) is 24.0 Å². The predicted octanol–water partition coefficient (Wildman–Crippen LogP) is 1.35. The largest absolute Gasteiger partial charge is 0.396 e. The summed E-state index contributed by atoms with van der Waals surface area (Å²) >= 11 is 0. The molecule has 0 radical (unpaired) electrons. The van der Waals surface area contributed by atoms with Crippen molar-refractivity contribution in [3.05, 3.63) is 22.4 Å². The summed E-state index contributed by atoms with van der Waals surface area (Å²) in [4.78, 5) is 26.4. The number of nitriles is 1. The molecule has 0 aromatic rings. The predicted molar refractivity (Wildman–Crippen MR) is 81.7 cm³/mol. The number of ether oxygens (including phenoxy) is 2. The third-order valence-electron chi connectivity index (χ3n) is 4.62. The summed E-state index contributed by atoms with van der Waals surface area (Å²) in [6.45, 7) is 3.91. The zero-order chi connectivity index (χ0) is 17.5. The van der Waals surface area contributed by atoms with Crippen molar-refractivity contribution in [2.75, 3.05) is 13.1 Å². The highest BCUT2D eigenvalue weighted by molar-refractivity contribution is 6.16. The number of likely N-dealkylation sites (tertiary alicyclic amines) is 1. The number of carbonyl (C=O) groups is 2. The van der Waals surface area contributed by atoms with Crippen LogP contribution in [0.3, 0.4) is 0 Å². The summed E-state index contributed by atoms with van der Waals surface area (Å²) in [7, 11) is 0. The molecule has 128 valence electrons. The molecule has 24 heavy (non-hydrogen) atoms. The van der Waals surface area contributed by atoms with Gasteiger partial charge in [0.25, 0.3) is 0 Å². The number of aliphatic hydroxyl groups excluding tert-OH is 1. The van der Waals surface area contributed by atoms with E-state index in [1.54, 1.807) is 0 Å². The molecule has 0 saturated carbocycles. The van der Waals surface area contributed by atoms with Crippen LogP contribution >= 0.6 is 0 Å². The van der Waals surface area contributed by atoms with Crippen LogP contribution in [0.15, 0.2) is 22.4 Å². The maximum atomic E-state index is 12.1. The number of allylic oxidation sites excluding steroid dienone is 3. The molecule has 2 fully saturated rings. The van der Waals surface area contributed by atoms with Crippen LogP contribution in [-0.4, -0.2) is 41.5 Å². The van der Waals surface area contributed by atoms with Gasteiger partial charge in [0.2, 0.25) is 0 Å². The lowest BCUT2D eigenvalue weighted by Crippen LogP contribution is -2.37. The summed E-state index contributed by atoms with van der Waals surface area (Å²) in [6.07, 6.45) is 3.22. The van der Waals surface area contributed by atoms with Crippen LogP contribution in [0.1, 0.15) is 39.5 Å². The maximum Gasteiger partial charge on any atom is 0.363 e. The van der Waals surface area contributed by atoms with Gasteiger partial charge in [-0.25, -0.2) is 9.59 Å². The Balaban J connectivity index is 2.15. The van der Waals surface area contributed by atoms with Crippen molar-refractivity contribution in [3.63, 3.8) is 0 Å². The Kier molecular flexibility index (Phi) is 4.10. The Morgan fingerprint density at radius 2 is 1.75 bits per heavy atom. The van der Waals surface area contributed by atoms with Crippen molar-refractivity contribution in [1.82, 2.24) is 4.90 Å². The van der Waals surface area contributed by atoms with Crippen molar-refractivity contribution in [2.45, 2.75) is 46.0 Å². The fourth-order valence-electron chi connectivity index (χ4n) is 3.60. The highest BCUT2D eigenvalue weighted by Crippen LogP contribution is 2.45. The minimum absolute atomic E-state index is 0.211. The minimum atomic E-state index is -1.89. The first-order chi connectivity index (χ1) is 11.3. The van der Waals surface area contributed by atoms with Crippen molar-refractivity contribution in [1.29, 1.82) is 5.26 Å². The smallest absolute Gasteiger partial charge is 0.363 e. The molecular formula is C17H20N2O5. The molecule has 1 aliphatic carbocycles. The van der Waals surface area contributed by atoms with Gasteiger partial charge in [-0.2, -0.15) is 5.26 Å². The monoisotopic (exact) mass is 332 g/mol. The first-order valence-electron chi connectivity index (χ1n) is 8.04. The lowest BCUT2D eigenvalue weighted by atomic mass is 9.72. The van der Waals surface area contributed by atoms with Gasteiger partial charge in [-0.3, -0.25) is 0 Å². The molecule has 3 aliphatic rings. The first-order valence-corrected chi connectivity index (χ1v) is 8.04. The van der Waals surface area contributed by atoms with E-state index in [2.05, 4.69) is 20.4 Å². The van der Waals surface area contributed by atoms with E-state index in [1.165, 1.54) is 0 Å². The lowest BCUT2D eigenvalue weighted by molar-refractivity contribution is -0.251. The summed E-state index contributed by atoms with van der Waals surface area (Å²) in [5.74, 6) is -1.89. The van der Waals surface area contributed by atoms with Gasteiger partial charge in [-0.1, -0.05) is 13.8 Å². The molecule has 2 heterocycles.